The lowest BCUT2D eigenvalue weighted by molar-refractivity contribution is 0.217. The highest BCUT2D eigenvalue weighted by atomic mass is 31.1. The maximum atomic E-state index is 11.2. The second-order valence-electron chi connectivity index (χ2n) is 2.34. The molecule has 0 aliphatic heterocycles. The van der Waals surface area contributed by atoms with Crippen molar-refractivity contribution in [2.75, 3.05) is 7.05 Å². The second-order valence-corrected chi connectivity index (χ2v) is 4.31. The fourth-order valence-corrected chi connectivity index (χ4v) is 1.27. The van der Waals surface area contributed by atoms with Crippen LogP contribution in [0.15, 0.2) is 4.99 Å². The van der Waals surface area contributed by atoms with E-state index in [2.05, 4.69) is 30.1 Å². The van der Waals surface area contributed by atoms with Crippen molar-refractivity contribution in [3.63, 3.8) is 0 Å². The summed E-state index contributed by atoms with van der Waals surface area (Å²) in [5.74, 6) is -0.0202. The lowest BCUT2D eigenvalue weighted by Crippen LogP contribution is -2.38. The Morgan fingerprint density at radius 1 is 1.53 bits per heavy atom. The Labute approximate surface area is 103 Å². The Kier molecular flexibility index (Phi) is 9.99. The van der Waals surface area contributed by atoms with E-state index in [1.807, 2.05) is 0 Å². The van der Waals surface area contributed by atoms with Crippen molar-refractivity contribution in [1.29, 1.82) is 0 Å². The van der Waals surface area contributed by atoms with E-state index in [1.54, 1.807) is 7.98 Å². The fourth-order valence-electron chi connectivity index (χ4n) is 0.614. The number of nitrogens with one attached hydrogen (secondary N) is 4. The topological polar surface area (TPSA) is 124 Å². The molecule has 2 atom stereocenters. The third-order valence-electron chi connectivity index (χ3n) is 1.19. The molecule has 9 nitrogen and oxygen atoms in total. The maximum absolute atomic E-state index is 11.2. The molecule has 0 saturated carbocycles. The molecule has 0 spiro atoms. The van der Waals surface area contributed by atoms with E-state index in [1.165, 1.54) is 7.05 Å². The van der Waals surface area contributed by atoms with Crippen LogP contribution in [-0.4, -0.2) is 45.4 Å². The number of hydrogen-bond donors (Lipinski definition) is 5. The molecule has 0 heterocycles. The zero-order chi connectivity index (χ0) is 13.1. The van der Waals surface area contributed by atoms with Crippen molar-refractivity contribution < 1.29 is 19.1 Å². The summed E-state index contributed by atoms with van der Waals surface area (Å²) < 4.78 is 4.63. The molecule has 0 fully saturated rings. The van der Waals surface area contributed by atoms with Gasteiger partial charge in [0.2, 0.25) is 5.96 Å². The van der Waals surface area contributed by atoms with Gasteiger partial charge in [0.05, 0.1) is 0 Å². The van der Waals surface area contributed by atoms with Gasteiger partial charge in [0.25, 0.3) is 5.65 Å². The van der Waals surface area contributed by atoms with E-state index in [4.69, 9.17) is 5.02 Å². The number of aliphatic imine (C=N–C) groups is 1. The molecule has 0 aromatic rings. The van der Waals surface area contributed by atoms with Gasteiger partial charge in [0.1, 0.15) is 8.96 Å². The summed E-state index contributed by atoms with van der Waals surface area (Å²) >= 11 is 0. The molecule has 0 aromatic carbocycles. The summed E-state index contributed by atoms with van der Waals surface area (Å²) in [7, 11) is 2.28. The fraction of sp³-hybridized carbons (Fsp3) is 0.250. The van der Waals surface area contributed by atoms with Crippen molar-refractivity contribution in [3.8, 4) is 0 Å². The molecule has 0 rings (SSSR count). The summed E-state index contributed by atoms with van der Waals surface area (Å²) in [6, 6.07) is 0. The van der Waals surface area contributed by atoms with Crippen molar-refractivity contribution >= 4 is 51.0 Å². The molecule has 0 bridgehead atoms. The van der Waals surface area contributed by atoms with Crippen LogP contribution in [-0.2, 0) is 4.52 Å². The molecule has 0 radical (unpaired) electrons. The number of amides is 2. The number of hydrogen-bond acceptors (Lipinski definition) is 6. The third kappa shape index (κ3) is 9.02. The highest BCUT2D eigenvalue weighted by molar-refractivity contribution is 7.57. The molecule has 0 aromatic heterocycles. The van der Waals surface area contributed by atoms with Gasteiger partial charge in [-0.2, -0.15) is 0 Å². The standard InChI is InChI=1S/C4H13B2N5O4P2/c1-7-2(8-3(12)15-17-10-5)9-4(13)16-11-6-14/h6,10-11,14,16-17H,5H2,1H3,(H2,7,8,9,12,13). The quantitative estimate of drug-likeness (QED) is 0.163. The van der Waals surface area contributed by atoms with Crippen molar-refractivity contribution in [3.05, 3.63) is 0 Å². The van der Waals surface area contributed by atoms with E-state index >= 15 is 0 Å². The van der Waals surface area contributed by atoms with E-state index in [0.29, 0.717) is 0 Å². The van der Waals surface area contributed by atoms with Gasteiger partial charge < -0.3 is 24.9 Å². The minimum Gasteiger partial charge on any atom is -0.440 e. The van der Waals surface area contributed by atoms with Crippen LogP contribution in [0.3, 0.4) is 0 Å². The molecule has 94 valence electrons. The van der Waals surface area contributed by atoms with Gasteiger partial charge in [-0.15, -0.1) is 4.99 Å². The Hall–Kier alpha value is -0.720. The predicted molar refractivity (Wildman–Crippen MR) is 72.3 cm³/mol. The monoisotopic (exact) mass is 279 g/mol. The summed E-state index contributed by atoms with van der Waals surface area (Å²) in [5.41, 5.74) is -0.420. The second kappa shape index (κ2) is 10.4. The highest BCUT2D eigenvalue weighted by Crippen LogP contribution is 2.05. The molecule has 0 aliphatic rings. The van der Waals surface area contributed by atoms with Crippen LogP contribution in [0.1, 0.15) is 0 Å². The summed E-state index contributed by atoms with van der Waals surface area (Å²) in [6.45, 7) is 0. The van der Waals surface area contributed by atoms with Crippen LogP contribution in [0.4, 0.5) is 9.59 Å². The lowest BCUT2D eigenvalue weighted by atomic mass is 10.4. The average Bonchev–Trinajstić information content (AvgIpc) is 2.32. The third-order valence-corrected chi connectivity index (χ3v) is 2.36. The van der Waals surface area contributed by atoms with Gasteiger partial charge in [-0.25, -0.2) is 4.79 Å². The maximum Gasteiger partial charge on any atom is 0.440 e. The SMILES string of the molecule is BNPOC(=O)/N=C(\NC)NC(=O)PNBO. The van der Waals surface area contributed by atoms with Gasteiger partial charge in [0.15, 0.2) is 7.98 Å². The molecular formula is C4H13B2N5O4P2. The first-order valence-electron chi connectivity index (χ1n) is 4.43. The summed E-state index contributed by atoms with van der Waals surface area (Å²) in [4.78, 5) is 30.8. The minimum absolute atomic E-state index is 0.0202. The number of rotatable bonds is 5. The molecule has 13 heteroatoms. The van der Waals surface area contributed by atoms with Gasteiger partial charge in [-0.3, -0.25) is 10.1 Å². The van der Waals surface area contributed by atoms with Crippen LogP contribution < -0.4 is 20.6 Å². The minimum atomic E-state index is -0.819. The first-order valence-corrected chi connectivity index (χ1v) is 6.34. The van der Waals surface area contributed by atoms with Crippen molar-refractivity contribution in [1.82, 2.24) is 20.6 Å². The van der Waals surface area contributed by atoms with Crippen molar-refractivity contribution in [2.45, 2.75) is 0 Å². The Balaban J connectivity index is 4.16. The van der Waals surface area contributed by atoms with E-state index in [9.17, 15) is 9.59 Å². The molecule has 0 aliphatic carbocycles. The summed E-state index contributed by atoms with van der Waals surface area (Å²) in [6.07, 6.45) is -0.819. The number of nitrogens with zero attached hydrogens (tertiary/aromatic N) is 1. The number of guanidine groups is 1. The number of carbonyl (C=O) groups excluding carboxylic acids is 2. The summed E-state index contributed by atoms with van der Waals surface area (Å²) in [5, 5.41) is 13.3. The smallest absolute Gasteiger partial charge is 0.440 e. The van der Waals surface area contributed by atoms with Gasteiger partial charge in [-0.1, -0.05) is 0 Å². The zero-order valence-electron chi connectivity index (χ0n) is 9.33. The van der Waals surface area contributed by atoms with Crippen LogP contribution >= 0.6 is 17.7 Å². The van der Waals surface area contributed by atoms with Crippen LogP contribution in [0.25, 0.3) is 0 Å². The van der Waals surface area contributed by atoms with Crippen molar-refractivity contribution in [2.24, 2.45) is 4.99 Å². The predicted octanol–water partition coefficient (Wildman–Crippen LogP) is -2.50. The molecule has 17 heavy (non-hydrogen) atoms. The van der Waals surface area contributed by atoms with Gasteiger partial charge in [-0.05, 0) is 0 Å². The lowest BCUT2D eigenvalue weighted by Gasteiger charge is -2.07. The van der Waals surface area contributed by atoms with Gasteiger partial charge in [0, 0.05) is 15.8 Å². The number of carbonyl (C=O) groups is 2. The first-order chi connectivity index (χ1) is 8.13. The van der Waals surface area contributed by atoms with Gasteiger partial charge >= 0.3 is 13.7 Å². The van der Waals surface area contributed by atoms with E-state index in [-0.39, 0.29) is 31.3 Å². The van der Waals surface area contributed by atoms with Crippen LogP contribution in [0.2, 0.25) is 0 Å². The largest absolute Gasteiger partial charge is 0.440 e. The van der Waals surface area contributed by atoms with Crippen LogP contribution in [0, 0.1) is 0 Å². The molecule has 0 saturated heterocycles. The average molecular weight is 279 g/mol. The Bertz CT molecular complexity index is 293. The van der Waals surface area contributed by atoms with Crippen LogP contribution in [0.5, 0.6) is 0 Å². The Morgan fingerprint density at radius 2 is 2.24 bits per heavy atom. The first kappa shape index (κ1) is 16.3. The van der Waals surface area contributed by atoms with E-state index in [0.717, 1.165) is 0 Å². The molecule has 2 unspecified atom stereocenters. The zero-order valence-corrected chi connectivity index (χ0v) is 11.3. The molecular weight excluding hydrogens is 266 g/mol. The van der Waals surface area contributed by atoms with E-state index < -0.39 is 11.7 Å². The normalized spacial score (nSPS) is 12.0. The highest BCUT2D eigenvalue weighted by Gasteiger charge is 2.07. The Morgan fingerprint density at radius 3 is 2.76 bits per heavy atom. The molecule has 5 N–H and O–H groups in total. The molecule has 2 amide bonds.